The lowest BCUT2D eigenvalue weighted by atomic mass is 9.98. The van der Waals surface area contributed by atoms with Crippen LogP contribution in [0.5, 0.6) is 0 Å². The third kappa shape index (κ3) is 5.60. The van der Waals surface area contributed by atoms with Gasteiger partial charge in [0.05, 0.1) is 12.5 Å². The van der Waals surface area contributed by atoms with E-state index in [1.807, 2.05) is 30.3 Å². The number of carboxylic acid groups (broad SMARTS) is 1. The lowest BCUT2D eigenvalue weighted by molar-refractivity contribution is -0.137. The molecule has 0 aromatic heterocycles. The third-order valence-corrected chi connectivity index (χ3v) is 3.87. The van der Waals surface area contributed by atoms with Gasteiger partial charge in [0.15, 0.2) is 0 Å². The minimum Gasteiger partial charge on any atom is -0.481 e. The summed E-state index contributed by atoms with van der Waals surface area (Å²) in [6, 6.07) is 14.8. The highest BCUT2D eigenvalue weighted by molar-refractivity contribution is 5.75. The van der Waals surface area contributed by atoms with Gasteiger partial charge in [-0.25, -0.2) is 9.18 Å². The van der Waals surface area contributed by atoms with Gasteiger partial charge in [-0.15, -0.1) is 0 Å². The Morgan fingerprint density at radius 1 is 1.12 bits per heavy atom. The zero-order valence-corrected chi connectivity index (χ0v) is 14.0. The van der Waals surface area contributed by atoms with Gasteiger partial charge < -0.3 is 15.3 Å². The Kier molecular flexibility index (Phi) is 6.51. The van der Waals surface area contributed by atoms with E-state index in [-0.39, 0.29) is 13.0 Å². The largest absolute Gasteiger partial charge is 0.481 e. The Bertz CT molecular complexity index is 722. The van der Waals surface area contributed by atoms with E-state index < -0.39 is 23.9 Å². The van der Waals surface area contributed by atoms with Crippen molar-refractivity contribution in [3.05, 3.63) is 71.5 Å². The number of rotatable bonds is 7. The summed E-state index contributed by atoms with van der Waals surface area (Å²) in [7, 11) is 1.51. The number of benzene rings is 2. The van der Waals surface area contributed by atoms with Gasteiger partial charge in [0.1, 0.15) is 5.82 Å². The minimum atomic E-state index is -0.977. The smallest absolute Gasteiger partial charge is 0.317 e. The van der Waals surface area contributed by atoms with Crippen molar-refractivity contribution in [1.29, 1.82) is 0 Å². The first kappa shape index (κ1) is 18.4. The first-order valence-corrected chi connectivity index (χ1v) is 7.99. The van der Waals surface area contributed by atoms with Gasteiger partial charge in [0.25, 0.3) is 0 Å². The van der Waals surface area contributed by atoms with E-state index in [1.54, 1.807) is 18.2 Å². The van der Waals surface area contributed by atoms with Crippen LogP contribution in [0.4, 0.5) is 9.18 Å². The molecule has 25 heavy (non-hydrogen) atoms. The molecule has 0 spiro atoms. The quantitative estimate of drug-likeness (QED) is 0.810. The summed E-state index contributed by atoms with van der Waals surface area (Å²) in [5.74, 6) is -1.37. The van der Waals surface area contributed by atoms with Crippen LogP contribution in [0.15, 0.2) is 54.6 Å². The Hall–Kier alpha value is -2.89. The number of halogens is 1. The molecule has 0 heterocycles. The normalized spacial score (nSPS) is 11.6. The fourth-order valence-corrected chi connectivity index (χ4v) is 2.47. The van der Waals surface area contributed by atoms with Crippen LogP contribution in [0.3, 0.4) is 0 Å². The number of carbonyl (C=O) groups excluding carboxylic acids is 1. The Morgan fingerprint density at radius 2 is 1.76 bits per heavy atom. The number of nitrogens with zero attached hydrogens (tertiary/aromatic N) is 1. The lowest BCUT2D eigenvalue weighted by Crippen LogP contribution is -2.41. The molecule has 2 amide bonds. The number of amides is 2. The zero-order chi connectivity index (χ0) is 18.2. The highest BCUT2D eigenvalue weighted by atomic mass is 19.1. The van der Waals surface area contributed by atoms with Crippen molar-refractivity contribution in [3.8, 4) is 0 Å². The molecule has 1 atom stereocenters. The molecule has 0 aliphatic carbocycles. The summed E-state index contributed by atoms with van der Waals surface area (Å²) in [6.07, 6.45) is 0.285. The summed E-state index contributed by atoms with van der Waals surface area (Å²) >= 11 is 0. The molecule has 5 nitrogen and oxygen atoms in total. The predicted molar refractivity (Wildman–Crippen MR) is 92.7 cm³/mol. The first-order chi connectivity index (χ1) is 12.0. The van der Waals surface area contributed by atoms with E-state index in [9.17, 15) is 14.0 Å². The number of hydrogen-bond donors (Lipinski definition) is 2. The van der Waals surface area contributed by atoms with Crippen molar-refractivity contribution in [1.82, 2.24) is 10.2 Å². The van der Waals surface area contributed by atoms with Gasteiger partial charge in [-0.1, -0.05) is 48.5 Å². The monoisotopic (exact) mass is 344 g/mol. The van der Waals surface area contributed by atoms with Crippen LogP contribution in [-0.2, 0) is 11.2 Å². The van der Waals surface area contributed by atoms with Crippen molar-refractivity contribution in [2.45, 2.75) is 18.9 Å². The molecule has 0 aliphatic heterocycles. The van der Waals surface area contributed by atoms with Gasteiger partial charge in [-0.3, -0.25) is 4.79 Å². The summed E-state index contributed by atoms with van der Waals surface area (Å²) in [6.45, 7) is 0.0799. The third-order valence-electron chi connectivity index (χ3n) is 3.87. The van der Waals surface area contributed by atoms with Gasteiger partial charge in [-0.2, -0.15) is 0 Å². The Balaban J connectivity index is 2.15. The lowest BCUT2D eigenvalue weighted by Gasteiger charge is -2.24. The number of aliphatic carboxylic acids is 1. The Morgan fingerprint density at radius 3 is 2.40 bits per heavy atom. The second kappa shape index (κ2) is 8.82. The maximum Gasteiger partial charge on any atom is 0.317 e. The van der Waals surface area contributed by atoms with Gasteiger partial charge in [-0.05, 0) is 18.1 Å². The second-order valence-electron chi connectivity index (χ2n) is 5.78. The molecule has 0 saturated carbocycles. The van der Waals surface area contributed by atoms with Crippen molar-refractivity contribution >= 4 is 12.0 Å². The molecule has 0 bridgehead atoms. The SMILES string of the molecule is CN(CCC(=O)O)C(=O)NC(Cc1ccccc1)c1ccccc1F. The molecular formula is C19H21FN2O3. The van der Waals surface area contributed by atoms with Crippen molar-refractivity contribution in [2.24, 2.45) is 0 Å². The van der Waals surface area contributed by atoms with E-state index in [4.69, 9.17) is 5.11 Å². The van der Waals surface area contributed by atoms with Crippen LogP contribution in [0.25, 0.3) is 0 Å². The van der Waals surface area contributed by atoms with Crippen LogP contribution in [0, 0.1) is 5.82 Å². The molecule has 0 aliphatic rings. The highest BCUT2D eigenvalue weighted by Crippen LogP contribution is 2.21. The van der Waals surface area contributed by atoms with Crippen molar-refractivity contribution in [2.75, 3.05) is 13.6 Å². The Labute approximate surface area is 146 Å². The molecule has 0 radical (unpaired) electrons. The zero-order valence-electron chi connectivity index (χ0n) is 14.0. The number of nitrogens with one attached hydrogen (secondary N) is 1. The van der Waals surface area contributed by atoms with Crippen LogP contribution >= 0.6 is 0 Å². The number of hydrogen-bond acceptors (Lipinski definition) is 2. The number of carbonyl (C=O) groups is 2. The van der Waals surface area contributed by atoms with Crippen LogP contribution in [0.2, 0.25) is 0 Å². The fraction of sp³-hybridized carbons (Fsp3) is 0.263. The molecular weight excluding hydrogens is 323 g/mol. The maximum atomic E-state index is 14.2. The topological polar surface area (TPSA) is 69.6 Å². The molecule has 2 aromatic carbocycles. The van der Waals surface area contributed by atoms with Gasteiger partial charge >= 0.3 is 12.0 Å². The average molecular weight is 344 g/mol. The molecule has 132 valence electrons. The molecule has 2 rings (SSSR count). The molecule has 1 unspecified atom stereocenters. The standard InChI is InChI=1S/C19H21FN2O3/c1-22(12-11-18(23)24)19(25)21-17(13-14-7-3-2-4-8-14)15-9-5-6-10-16(15)20/h2-10,17H,11-13H2,1H3,(H,21,25)(H,23,24). The van der Waals surface area contributed by atoms with Crippen LogP contribution < -0.4 is 5.32 Å². The fourth-order valence-electron chi connectivity index (χ4n) is 2.47. The predicted octanol–water partition coefficient (Wildman–Crippen LogP) is 3.23. The van der Waals surface area contributed by atoms with E-state index in [0.29, 0.717) is 12.0 Å². The summed E-state index contributed by atoms with van der Waals surface area (Å²) in [5.41, 5.74) is 1.36. The molecule has 2 N–H and O–H groups in total. The van der Waals surface area contributed by atoms with Crippen LogP contribution in [0.1, 0.15) is 23.6 Å². The van der Waals surface area contributed by atoms with Gasteiger partial charge in [0, 0.05) is 19.2 Å². The van der Waals surface area contributed by atoms with Crippen LogP contribution in [-0.4, -0.2) is 35.6 Å². The first-order valence-electron chi connectivity index (χ1n) is 7.99. The van der Waals surface area contributed by atoms with E-state index in [0.717, 1.165) is 5.56 Å². The molecule has 2 aromatic rings. The maximum absolute atomic E-state index is 14.2. The van der Waals surface area contributed by atoms with E-state index in [1.165, 1.54) is 18.0 Å². The van der Waals surface area contributed by atoms with Crippen molar-refractivity contribution < 1.29 is 19.1 Å². The van der Waals surface area contributed by atoms with E-state index >= 15 is 0 Å². The minimum absolute atomic E-state index is 0.0799. The second-order valence-corrected chi connectivity index (χ2v) is 5.78. The number of carboxylic acids is 1. The molecule has 0 saturated heterocycles. The number of urea groups is 1. The van der Waals surface area contributed by atoms with Gasteiger partial charge in [0.2, 0.25) is 0 Å². The highest BCUT2D eigenvalue weighted by Gasteiger charge is 2.20. The van der Waals surface area contributed by atoms with Crippen molar-refractivity contribution in [3.63, 3.8) is 0 Å². The summed E-state index contributed by atoms with van der Waals surface area (Å²) < 4.78 is 14.2. The molecule has 6 heteroatoms. The molecule has 0 fully saturated rings. The average Bonchev–Trinajstić information content (AvgIpc) is 2.60. The summed E-state index contributed by atoms with van der Waals surface area (Å²) in [5, 5.41) is 11.5. The van der Waals surface area contributed by atoms with E-state index in [2.05, 4.69) is 5.32 Å². The summed E-state index contributed by atoms with van der Waals surface area (Å²) in [4.78, 5) is 24.3.